The van der Waals surface area contributed by atoms with Gasteiger partial charge in [-0.05, 0) is 44.9 Å². The molecule has 1 heterocycles. The standard InChI is InChI=1S/C17H24N2O5S/c1-12(17(21)22)13(2)18-16(20)14-7-6-8-15(11-14)25(23,24)19-9-4-3-5-10-19/h6-8,11-13H,3-5,9-10H2,1-2H3,(H,18,20)(H,21,22). The third-order valence-electron chi connectivity index (χ3n) is 4.55. The summed E-state index contributed by atoms with van der Waals surface area (Å²) in [5, 5.41) is 11.6. The van der Waals surface area contributed by atoms with Crippen LogP contribution >= 0.6 is 0 Å². The zero-order chi connectivity index (χ0) is 18.6. The molecule has 1 amide bonds. The molecule has 25 heavy (non-hydrogen) atoms. The Labute approximate surface area is 148 Å². The minimum absolute atomic E-state index is 0.0842. The molecule has 1 aliphatic heterocycles. The van der Waals surface area contributed by atoms with Crippen LogP contribution in [-0.4, -0.2) is 48.8 Å². The average Bonchev–Trinajstić information content (AvgIpc) is 2.61. The summed E-state index contributed by atoms with van der Waals surface area (Å²) in [6.45, 7) is 4.09. The summed E-state index contributed by atoms with van der Waals surface area (Å²) < 4.78 is 26.8. The van der Waals surface area contributed by atoms with Crippen LogP contribution in [0.4, 0.5) is 0 Å². The molecule has 7 nitrogen and oxygen atoms in total. The fourth-order valence-corrected chi connectivity index (χ4v) is 4.24. The molecule has 8 heteroatoms. The number of sulfonamides is 1. The Morgan fingerprint density at radius 1 is 1.16 bits per heavy atom. The lowest BCUT2D eigenvalue weighted by atomic mass is 10.0. The summed E-state index contributed by atoms with van der Waals surface area (Å²) in [7, 11) is -3.62. The number of piperidine rings is 1. The van der Waals surface area contributed by atoms with Gasteiger partial charge in [0.2, 0.25) is 10.0 Å². The molecule has 1 aromatic carbocycles. The SMILES string of the molecule is CC(NC(=O)c1cccc(S(=O)(=O)N2CCCCC2)c1)C(C)C(=O)O. The van der Waals surface area contributed by atoms with E-state index in [0.717, 1.165) is 19.3 Å². The molecule has 1 aromatic rings. The molecule has 2 N–H and O–H groups in total. The Morgan fingerprint density at radius 3 is 2.40 bits per heavy atom. The van der Waals surface area contributed by atoms with E-state index >= 15 is 0 Å². The van der Waals surface area contributed by atoms with Crippen LogP contribution in [0.15, 0.2) is 29.2 Å². The van der Waals surface area contributed by atoms with Crippen LogP contribution in [-0.2, 0) is 14.8 Å². The fraction of sp³-hybridized carbons (Fsp3) is 0.529. The van der Waals surface area contributed by atoms with Crippen LogP contribution in [0, 0.1) is 5.92 Å². The molecule has 0 bridgehead atoms. The minimum atomic E-state index is -3.62. The van der Waals surface area contributed by atoms with Crippen LogP contribution in [0.25, 0.3) is 0 Å². The summed E-state index contributed by atoms with van der Waals surface area (Å²) in [4.78, 5) is 23.4. The molecule has 1 saturated heterocycles. The molecule has 0 spiro atoms. The molecular weight excluding hydrogens is 344 g/mol. The molecule has 2 atom stereocenters. The number of nitrogens with one attached hydrogen (secondary N) is 1. The Bertz CT molecular complexity index is 741. The Hall–Kier alpha value is -1.93. The normalized spacial score (nSPS) is 18.3. The monoisotopic (exact) mass is 368 g/mol. The predicted octanol–water partition coefficient (Wildman–Crippen LogP) is 1.70. The summed E-state index contributed by atoms with van der Waals surface area (Å²) in [5.74, 6) is -2.24. The first-order chi connectivity index (χ1) is 11.7. The van der Waals surface area contributed by atoms with Gasteiger partial charge in [-0.3, -0.25) is 9.59 Å². The van der Waals surface area contributed by atoms with Crippen molar-refractivity contribution in [1.82, 2.24) is 9.62 Å². The number of rotatable bonds is 6. The van der Waals surface area contributed by atoms with Gasteiger partial charge in [0.15, 0.2) is 0 Å². The first-order valence-electron chi connectivity index (χ1n) is 8.37. The van der Waals surface area contributed by atoms with Crippen molar-refractivity contribution in [3.05, 3.63) is 29.8 Å². The Morgan fingerprint density at radius 2 is 1.80 bits per heavy atom. The van der Waals surface area contributed by atoms with Crippen molar-refractivity contribution in [2.75, 3.05) is 13.1 Å². The third kappa shape index (κ3) is 4.58. The topological polar surface area (TPSA) is 104 Å². The highest BCUT2D eigenvalue weighted by atomic mass is 32.2. The second-order valence-corrected chi connectivity index (χ2v) is 8.32. The highest BCUT2D eigenvalue weighted by Gasteiger charge is 2.27. The van der Waals surface area contributed by atoms with Crippen LogP contribution in [0.5, 0.6) is 0 Å². The molecule has 0 aromatic heterocycles. The number of carboxylic acid groups (broad SMARTS) is 1. The molecule has 0 radical (unpaired) electrons. The second kappa shape index (κ2) is 7.97. The van der Waals surface area contributed by atoms with Crippen molar-refractivity contribution in [3.8, 4) is 0 Å². The molecule has 2 unspecified atom stereocenters. The van der Waals surface area contributed by atoms with Crippen molar-refractivity contribution in [1.29, 1.82) is 0 Å². The lowest BCUT2D eigenvalue weighted by Crippen LogP contribution is -2.40. The van der Waals surface area contributed by atoms with Gasteiger partial charge in [-0.2, -0.15) is 4.31 Å². The van der Waals surface area contributed by atoms with Gasteiger partial charge in [0.05, 0.1) is 10.8 Å². The maximum Gasteiger partial charge on any atom is 0.308 e. The van der Waals surface area contributed by atoms with E-state index in [1.807, 2.05) is 0 Å². The average molecular weight is 368 g/mol. The van der Waals surface area contributed by atoms with Crippen molar-refractivity contribution in [2.45, 2.75) is 44.0 Å². The molecule has 0 aliphatic carbocycles. The van der Waals surface area contributed by atoms with Gasteiger partial charge >= 0.3 is 5.97 Å². The highest BCUT2D eigenvalue weighted by molar-refractivity contribution is 7.89. The van der Waals surface area contributed by atoms with E-state index in [1.165, 1.54) is 35.5 Å². The van der Waals surface area contributed by atoms with Crippen LogP contribution in [0.3, 0.4) is 0 Å². The van der Waals surface area contributed by atoms with Gasteiger partial charge in [-0.1, -0.05) is 12.5 Å². The minimum Gasteiger partial charge on any atom is -0.481 e. The zero-order valence-corrected chi connectivity index (χ0v) is 15.3. The van der Waals surface area contributed by atoms with E-state index in [4.69, 9.17) is 5.11 Å². The summed E-state index contributed by atoms with van der Waals surface area (Å²) in [5.41, 5.74) is 0.197. The summed E-state index contributed by atoms with van der Waals surface area (Å²) >= 11 is 0. The maximum atomic E-state index is 12.7. The Balaban J connectivity index is 2.17. The second-order valence-electron chi connectivity index (χ2n) is 6.38. The first kappa shape index (κ1) is 19.4. The van der Waals surface area contributed by atoms with Gasteiger partial charge in [0, 0.05) is 24.7 Å². The number of hydrogen-bond acceptors (Lipinski definition) is 4. The molecule has 2 rings (SSSR count). The van der Waals surface area contributed by atoms with E-state index in [2.05, 4.69) is 5.32 Å². The number of nitrogens with zero attached hydrogens (tertiary/aromatic N) is 1. The van der Waals surface area contributed by atoms with Gasteiger partial charge in [-0.15, -0.1) is 0 Å². The summed E-state index contributed by atoms with van der Waals surface area (Å²) in [6.07, 6.45) is 2.70. The van der Waals surface area contributed by atoms with E-state index in [-0.39, 0.29) is 10.5 Å². The third-order valence-corrected chi connectivity index (χ3v) is 6.44. The number of carbonyl (C=O) groups is 2. The van der Waals surface area contributed by atoms with E-state index in [9.17, 15) is 18.0 Å². The Kier molecular flexibility index (Phi) is 6.18. The van der Waals surface area contributed by atoms with Crippen LogP contribution in [0.2, 0.25) is 0 Å². The predicted molar refractivity (Wildman–Crippen MR) is 92.8 cm³/mol. The number of benzene rings is 1. The van der Waals surface area contributed by atoms with Crippen LogP contribution in [0.1, 0.15) is 43.5 Å². The molecular formula is C17H24N2O5S. The quantitative estimate of drug-likeness (QED) is 0.795. The fourth-order valence-electron chi connectivity index (χ4n) is 2.68. The summed E-state index contributed by atoms with van der Waals surface area (Å²) in [6, 6.07) is 5.29. The molecule has 138 valence electrons. The largest absolute Gasteiger partial charge is 0.481 e. The smallest absolute Gasteiger partial charge is 0.308 e. The lowest BCUT2D eigenvalue weighted by molar-refractivity contribution is -0.141. The number of carboxylic acids is 1. The van der Waals surface area contributed by atoms with E-state index in [1.54, 1.807) is 6.92 Å². The van der Waals surface area contributed by atoms with Crippen molar-refractivity contribution in [2.24, 2.45) is 5.92 Å². The van der Waals surface area contributed by atoms with E-state index in [0.29, 0.717) is 13.1 Å². The van der Waals surface area contributed by atoms with Crippen LogP contribution < -0.4 is 5.32 Å². The lowest BCUT2D eigenvalue weighted by Gasteiger charge is -2.26. The molecule has 1 aliphatic rings. The maximum absolute atomic E-state index is 12.7. The highest BCUT2D eigenvalue weighted by Crippen LogP contribution is 2.21. The first-order valence-corrected chi connectivity index (χ1v) is 9.81. The number of hydrogen-bond donors (Lipinski definition) is 2. The van der Waals surface area contributed by atoms with E-state index < -0.39 is 33.9 Å². The number of carbonyl (C=O) groups excluding carboxylic acids is 1. The van der Waals surface area contributed by atoms with Crippen molar-refractivity contribution in [3.63, 3.8) is 0 Å². The number of aliphatic carboxylic acids is 1. The molecule has 0 saturated carbocycles. The van der Waals surface area contributed by atoms with Gasteiger partial charge < -0.3 is 10.4 Å². The van der Waals surface area contributed by atoms with Crippen molar-refractivity contribution >= 4 is 21.9 Å². The number of amides is 1. The van der Waals surface area contributed by atoms with Gasteiger partial charge in [0.1, 0.15) is 0 Å². The van der Waals surface area contributed by atoms with Gasteiger partial charge in [-0.25, -0.2) is 8.42 Å². The zero-order valence-electron chi connectivity index (χ0n) is 14.4. The van der Waals surface area contributed by atoms with Crippen molar-refractivity contribution < 1.29 is 23.1 Å². The van der Waals surface area contributed by atoms with Gasteiger partial charge in [0.25, 0.3) is 5.91 Å². The molecule has 1 fully saturated rings.